The second kappa shape index (κ2) is 6.66. The first-order chi connectivity index (χ1) is 9.93. The number of benzene rings is 1. The van der Waals surface area contributed by atoms with Gasteiger partial charge in [0.15, 0.2) is 6.10 Å². The molecule has 2 rings (SSSR count). The molecule has 0 aliphatic carbocycles. The van der Waals surface area contributed by atoms with Gasteiger partial charge in [-0.15, -0.1) is 0 Å². The van der Waals surface area contributed by atoms with Crippen LogP contribution in [0, 0.1) is 0 Å². The monoisotopic (exact) mass is 302 g/mol. The summed E-state index contributed by atoms with van der Waals surface area (Å²) in [7, 11) is 0. The number of para-hydroxylation sites is 1. The van der Waals surface area contributed by atoms with Gasteiger partial charge in [0.05, 0.1) is 6.54 Å². The van der Waals surface area contributed by atoms with Crippen molar-refractivity contribution in [2.75, 3.05) is 24.5 Å². The van der Waals surface area contributed by atoms with Crippen molar-refractivity contribution < 1.29 is 18.3 Å². The van der Waals surface area contributed by atoms with E-state index < -0.39 is 18.8 Å². The highest BCUT2D eigenvalue weighted by Gasteiger charge is 2.39. The summed E-state index contributed by atoms with van der Waals surface area (Å²) in [6.45, 7) is 2.92. The van der Waals surface area contributed by atoms with Crippen molar-refractivity contribution in [1.82, 2.24) is 5.32 Å². The van der Waals surface area contributed by atoms with Gasteiger partial charge in [-0.05, 0) is 31.0 Å². The summed E-state index contributed by atoms with van der Waals surface area (Å²) in [6.07, 6.45) is -5.23. The number of β-amino-alcohol motifs (C(OH)–C–C–N with tert-alkyl or cyclic N) is 1. The second-order valence-corrected chi connectivity index (χ2v) is 5.31. The number of alkyl halides is 3. The van der Waals surface area contributed by atoms with Crippen LogP contribution in [0.4, 0.5) is 18.9 Å². The fourth-order valence-electron chi connectivity index (χ4n) is 2.79. The second-order valence-electron chi connectivity index (χ2n) is 5.31. The number of aliphatic hydroxyl groups excluding tert-OH is 1. The maximum absolute atomic E-state index is 12.6. The maximum atomic E-state index is 12.6. The van der Waals surface area contributed by atoms with E-state index in [9.17, 15) is 18.3 Å². The molecule has 0 spiro atoms. The van der Waals surface area contributed by atoms with Crippen LogP contribution in [0.25, 0.3) is 0 Å². The van der Waals surface area contributed by atoms with Crippen LogP contribution in [0.5, 0.6) is 0 Å². The van der Waals surface area contributed by atoms with Gasteiger partial charge in [-0.3, -0.25) is 0 Å². The predicted molar refractivity (Wildman–Crippen MR) is 76.4 cm³/mol. The molecule has 0 fully saturated rings. The average molecular weight is 302 g/mol. The van der Waals surface area contributed by atoms with Crippen LogP contribution in [0.1, 0.15) is 31.4 Å². The lowest BCUT2D eigenvalue weighted by Crippen LogP contribution is -2.41. The molecule has 2 N–H and O–H groups in total. The van der Waals surface area contributed by atoms with Crippen LogP contribution in [0.15, 0.2) is 24.3 Å². The standard InChI is InChI=1S/C15H21F3N2O/c1-2-19-12-7-5-9-20(10-14(21)15(16,17)18)13-8-4-3-6-11(12)13/h3-4,6,8,12,14,19,21H,2,5,7,9-10H2,1H3. The number of hydrogen-bond acceptors (Lipinski definition) is 3. The highest BCUT2D eigenvalue weighted by atomic mass is 19.4. The normalized spacial score (nSPS) is 20.8. The molecule has 6 heteroatoms. The number of anilines is 1. The molecule has 0 radical (unpaired) electrons. The molecule has 21 heavy (non-hydrogen) atoms. The number of fused-ring (bicyclic) bond motifs is 1. The summed E-state index contributed by atoms with van der Waals surface area (Å²) < 4.78 is 37.8. The molecule has 0 aromatic heterocycles. The van der Waals surface area contributed by atoms with E-state index in [1.165, 1.54) is 0 Å². The Morgan fingerprint density at radius 2 is 2.10 bits per heavy atom. The molecule has 2 atom stereocenters. The van der Waals surface area contributed by atoms with Gasteiger partial charge in [-0.2, -0.15) is 13.2 Å². The number of aliphatic hydroxyl groups is 1. The highest BCUT2D eigenvalue weighted by Crippen LogP contribution is 2.33. The summed E-state index contributed by atoms with van der Waals surface area (Å²) >= 11 is 0. The number of nitrogens with one attached hydrogen (secondary N) is 1. The number of rotatable bonds is 4. The first-order valence-corrected chi connectivity index (χ1v) is 7.25. The Morgan fingerprint density at radius 3 is 2.76 bits per heavy atom. The van der Waals surface area contributed by atoms with Gasteiger partial charge >= 0.3 is 6.18 Å². The van der Waals surface area contributed by atoms with Gasteiger partial charge < -0.3 is 15.3 Å². The van der Waals surface area contributed by atoms with E-state index in [0.29, 0.717) is 6.54 Å². The van der Waals surface area contributed by atoms with Gasteiger partial charge in [-0.1, -0.05) is 25.1 Å². The molecule has 1 aromatic carbocycles. The minimum atomic E-state index is -4.58. The molecule has 3 nitrogen and oxygen atoms in total. The predicted octanol–water partition coefficient (Wildman–Crippen LogP) is 2.86. The van der Waals surface area contributed by atoms with Crippen LogP contribution in [0.2, 0.25) is 0 Å². The summed E-state index contributed by atoms with van der Waals surface area (Å²) in [5.41, 5.74) is 1.79. The third-order valence-electron chi connectivity index (χ3n) is 3.80. The van der Waals surface area contributed by atoms with Gasteiger partial charge in [0.25, 0.3) is 0 Å². The van der Waals surface area contributed by atoms with Crippen LogP contribution in [-0.4, -0.2) is 37.0 Å². The molecular formula is C15H21F3N2O. The molecule has 1 aliphatic heterocycles. The molecule has 2 unspecified atom stereocenters. The molecule has 0 saturated heterocycles. The van der Waals surface area contributed by atoms with Gasteiger partial charge in [-0.25, -0.2) is 0 Å². The fourth-order valence-corrected chi connectivity index (χ4v) is 2.79. The third kappa shape index (κ3) is 3.89. The van der Waals surface area contributed by atoms with E-state index in [1.807, 2.05) is 31.2 Å². The van der Waals surface area contributed by atoms with Crippen molar-refractivity contribution in [2.24, 2.45) is 0 Å². The van der Waals surface area contributed by atoms with Gasteiger partial charge in [0.2, 0.25) is 0 Å². The Labute approximate surface area is 122 Å². The lowest BCUT2D eigenvalue weighted by atomic mass is 10.0. The van der Waals surface area contributed by atoms with E-state index in [4.69, 9.17) is 0 Å². The lowest BCUT2D eigenvalue weighted by Gasteiger charge is -2.28. The average Bonchev–Trinajstić information content (AvgIpc) is 2.59. The van der Waals surface area contributed by atoms with Crippen LogP contribution in [-0.2, 0) is 0 Å². The topological polar surface area (TPSA) is 35.5 Å². The zero-order valence-electron chi connectivity index (χ0n) is 12.0. The maximum Gasteiger partial charge on any atom is 0.416 e. The lowest BCUT2D eigenvalue weighted by molar-refractivity contribution is -0.200. The van der Waals surface area contributed by atoms with Crippen molar-refractivity contribution >= 4 is 5.69 Å². The molecule has 1 aliphatic rings. The Balaban J connectivity index is 2.25. The summed E-state index contributed by atoms with van der Waals surface area (Å²) in [5, 5.41) is 12.7. The van der Waals surface area contributed by atoms with E-state index in [1.54, 1.807) is 4.90 Å². The molecular weight excluding hydrogens is 281 g/mol. The zero-order valence-corrected chi connectivity index (χ0v) is 12.0. The summed E-state index contributed by atoms with van der Waals surface area (Å²) in [5.74, 6) is 0. The number of hydrogen-bond donors (Lipinski definition) is 2. The van der Waals surface area contributed by atoms with Crippen molar-refractivity contribution in [1.29, 1.82) is 0 Å². The first-order valence-electron chi connectivity index (χ1n) is 7.25. The molecule has 1 aromatic rings. The Morgan fingerprint density at radius 1 is 1.38 bits per heavy atom. The highest BCUT2D eigenvalue weighted by molar-refractivity contribution is 5.56. The van der Waals surface area contributed by atoms with Crippen LogP contribution >= 0.6 is 0 Å². The molecule has 1 heterocycles. The van der Waals surface area contributed by atoms with Crippen molar-refractivity contribution in [2.45, 2.75) is 38.1 Å². The first kappa shape index (κ1) is 16.1. The van der Waals surface area contributed by atoms with Crippen molar-refractivity contribution in [3.8, 4) is 0 Å². The summed E-state index contributed by atoms with van der Waals surface area (Å²) in [4.78, 5) is 1.64. The minimum Gasteiger partial charge on any atom is -0.382 e. The van der Waals surface area contributed by atoms with Crippen LogP contribution < -0.4 is 10.2 Å². The van der Waals surface area contributed by atoms with Gasteiger partial charge in [0, 0.05) is 18.3 Å². The van der Waals surface area contributed by atoms with Gasteiger partial charge in [0.1, 0.15) is 0 Å². The largest absolute Gasteiger partial charge is 0.416 e. The van der Waals surface area contributed by atoms with E-state index in [0.717, 1.165) is 30.6 Å². The van der Waals surface area contributed by atoms with Crippen molar-refractivity contribution in [3.05, 3.63) is 29.8 Å². The molecule has 0 bridgehead atoms. The van der Waals surface area contributed by atoms with E-state index >= 15 is 0 Å². The summed E-state index contributed by atoms with van der Waals surface area (Å²) in [6, 6.07) is 7.64. The third-order valence-corrected chi connectivity index (χ3v) is 3.80. The number of nitrogens with zero attached hydrogens (tertiary/aromatic N) is 1. The quantitative estimate of drug-likeness (QED) is 0.898. The molecule has 0 amide bonds. The van der Waals surface area contributed by atoms with E-state index in [-0.39, 0.29) is 6.04 Å². The molecule has 118 valence electrons. The minimum absolute atomic E-state index is 0.152. The Bertz CT molecular complexity index is 464. The molecule has 0 saturated carbocycles. The SMILES string of the molecule is CCNC1CCCN(CC(O)C(F)(F)F)c2ccccc21. The Hall–Kier alpha value is -1.27. The Kier molecular flexibility index (Phi) is 5.11. The van der Waals surface area contributed by atoms with Crippen LogP contribution in [0.3, 0.4) is 0 Å². The smallest absolute Gasteiger partial charge is 0.382 e. The van der Waals surface area contributed by atoms with E-state index in [2.05, 4.69) is 5.32 Å². The fraction of sp³-hybridized carbons (Fsp3) is 0.600. The number of halogens is 3. The zero-order chi connectivity index (χ0) is 15.5. The van der Waals surface area contributed by atoms with Crippen molar-refractivity contribution in [3.63, 3.8) is 0 Å².